The van der Waals surface area contributed by atoms with E-state index in [0.29, 0.717) is 6.42 Å². The molecule has 0 amide bonds. The van der Waals surface area contributed by atoms with Gasteiger partial charge in [-0.3, -0.25) is 4.48 Å². The lowest BCUT2D eigenvalue weighted by molar-refractivity contribution is 0.300. The van der Waals surface area contributed by atoms with E-state index < -0.39 is 0 Å². The Morgan fingerprint density at radius 3 is 2.53 bits per heavy atom. The van der Waals surface area contributed by atoms with Crippen molar-refractivity contribution in [3.8, 4) is 0 Å². The number of quaternary nitrogens is 1. The molecule has 1 aromatic carbocycles. The number of aromatic amines is 1. The topological polar surface area (TPSA) is 36.0 Å². The van der Waals surface area contributed by atoms with Crippen molar-refractivity contribution in [3.63, 3.8) is 0 Å². The molecule has 0 atom stereocenters. The number of aliphatic hydroxyl groups excluding tert-OH is 1. The van der Waals surface area contributed by atoms with Gasteiger partial charge in [0.05, 0.1) is 21.1 Å². The summed E-state index contributed by atoms with van der Waals surface area (Å²) in [5, 5.41) is 10.4. The summed E-state index contributed by atoms with van der Waals surface area (Å²) in [6.07, 6.45) is 0.715. The van der Waals surface area contributed by atoms with Gasteiger partial charge in [-0.05, 0) is 25.0 Å². The molecule has 2 rings (SSSR count). The standard InChI is InChI=1S/C14H21N2O/c1-10-12(7-8-17)13-9-11(16(2,3)4)5-6-14(13)15-10/h5-6,9,15,17H,7-8H2,1-4H3/q+1. The Hall–Kier alpha value is -1.32. The number of hydrogen-bond acceptors (Lipinski definition) is 1. The molecule has 0 saturated heterocycles. The Morgan fingerprint density at radius 2 is 1.94 bits per heavy atom. The average molecular weight is 233 g/mol. The summed E-state index contributed by atoms with van der Waals surface area (Å²) in [5.74, 6) is 0. The number of benzene rings is 1. The van der Waals surface area contributed by atoms with Gasteiger partial charge < -0.3 is 10.1 Å². The Bertz CT molecular complexity index is 535. The molecule has 0 fully saturated rings. The van der Waals surface area contributed by atoms with Crippen molar-refractivity contribution in [3.05, 3.63) is 29.5 Å². The van der Waals surface area contributed by atoms with E-state index in [4.69, 9.17) is 5.11 Å². The van der Waals surface area contributed by atoms with Crippen molar-refractivity contribution >= 4 is 16.6 Å². The molecule has 0 spiro atoms. The van der Waals surface area contributed by atoms with Gasteiger partial charge in [0.15, 0.2) is 0 Å². The lowest BCUT2D eigenvalue weighted by Crippen LogP contribution is -2.34. The van der Waals surface area contributed by atoms with Crippen LogP contribution in [0.15, 0.2) is 18.2 Å². The van der Waals surface area contributed by atoms with Crippen LogP contribution in [0.25, 0.3) is 10.9 Å². The fourth-order valence-corrected chi connectivity index (χ4v) is 2.22. The summed E-state index contributed by atoms with van der Waals surface area (Å²) in [7, 11) is 6.48. The Kier molecular flexibility index (Phi) is 2.98. The first-order chi connectivity index (χ1) is 7.93. The quantitative estimate of drug-likeness (QED) is 0.783. The fourth-order valence-electron chi connectivity index (χ4n) is 2.22. The molecule has 0 unspecified atom stereocenters. The Morgan fingerprint density at radius 1 is 1.24 bits per heavy atom. The number of hydrogen-bond donors (Lipinski definition) is 2. The Labute approximate surface area is 102 Å². The zero-order valence-electron chi connectivity index (χ0n) is 11.0. The van der Waals surface area contributed by atoms with Gasteiger partial charge in [-0.1, -0.05) is 0 Å². The third kappa shape index (κ3) is 2.21. The molecular weight excluding hydrogens is 212 g/mol. The van der Waals surface area contributed by atoms with Crippen LogP contribution in [0.3, 0.4) is 0 Å². The van der Waals surface area contributed by atoms with Crippen molar-refractivity contribution in [2.24, 2.45) is 0 Å². The van der Waals surface area contributed by atoms with Crippen LogP contribution in [0.5, 0.6) is 0 Å². The zero-order chi connectivity index (χ0) is 12.6. The second kappa shape index (κ2) is 4.17. The SMILES string of the molecule is Cc1[nH]c2ccc([N+](C)(C)C)cc2c1CCO. The van der Waals surface area contributed by atoms with Crippen molar-refractivity contribution in [1.82, 2.24) is 9.47 Å². The minimum atomic E-state index is 0.197. The molecule has 2 aromatic rings. The minimum Gasteiger partial charge on any atom is -0.396 e. The Balaban J connectivity index is 2.62. The molecule has 2 N–H and O–H groups in total. The largest absolute Gasteiger partial charge is 0.396 e. The summed E-state index contributed by atoms with van der Waals surface area (Å²) in [4.78, 5) is 3.37. The second-order valence-corrected chi connectivity index (χ2v) is 5.44. The number of nitrogens with one attached hydrogen (secondary N) is 1. The predicted octanol–water partition coefficient (Wildman–Crippen LogP) is 2.21. The van der Waals surface area contributed by atoms with E-state index in [1.165, 1.54) is 16.6 Å². The van der Waals surface area contributed by atoms with Gasteiger partial charge in [-0.2, -0.15) is 0 Å². The molecule has 17 heavy (non-hydrogen) atoms. The maximum atomic E-state index is 9.13. The van der Waals surface area contributed by atoms with E-state index in [0.717, 1.165) is 15.7 Å². The first-order valence-electron chi connectivity index (χ1n) is 5.97. The summed E-state index contributed by atoms with van der Waals surface area (Å²) in [6, 6.07) is 6.51. The van der Waals surface area contributed by atoms with E-state index in [-0.39, 0.29) is 6.61 Å². The van der Waals surface area contributed by atoms with Gasteiger partial charge in [-0.25, -0.2) is 0 Å². The second-order valence-electron chi connectivity index (χ2n) is 5.44. The van der Waals surface area contributed by atoms with Crippen LogP contribution < -0.4 is 4.48 Å². The number of nitrogens with zero attached hydrogens (tertiary/aromatic N) is 1. The first-order valence-corrected chi connectivity index (χ1v) is 5.97. The van der Waals surface area contributed by atoms with E-state index >= 15 is 0 Å². The van der Waals surface area contributed by atoms with E-state index in [1.54, 1.807) is 0 Å². The summed E-state index contributed by atoms with van der Waals surface area (Å²) in [6.45, 7) is 2.26. The number of fused-ring (bicyclic) bond motifs is 1. The van der Waals surface area contributed by atoms with E-state index in [1.807, 2.05) is 0 Å². The van der Waals surface area contributed by atoms with Gasteiger partial charge in [-0.15, -0.1) is 0 Å². The smallest absolute Gasteiger partial charge is 0.132 e. The number of rotatable bonds is 3. The molecule has 3 nitrogen and oxygen atoms in total. The maximum Gasteiger partial charge on any atom is 0.132 e. The monoisotopic (exact) mass is 233 g/mol. The van der Waals surface area contributed by atoms with E-state index in [2.05, 4.69) is 51.2 Å². The summed E-state index contributed by atoms with van der Waals surface area (Å²) < 4.78 is 0.804. The van der Waals surface area contributed by atoms with Gasteiger partial charge in [0, 0.05) is 35.3 Å². The van der Waals surface area contributed by atoms with Crippen LogP contribution in [0.1, 0.15) is 11.3 Å². The van der Waals surface area contributed by atoms with Crippen molar-refractivity contribution < 1.29 is 5.11 Å². The van der Waals surface area contributed by atoms with E-state index in [9.17, 15) is 0 Å². The van der Waals surface area contributed by atoms with Gasteiger partial charge >= 0.3 is 0 Å². The fraction of sp³-hybridized carbons (Fsp3) is 0.429. The number of aryl methyl sites for hydroxylation is 1. The molecule has 0 aliphatic heterocycles. The normalized spacial score (nSPS) is 12.3. The van der Waals surface area contributed by atoms with Gasteiger partial charge in [0.2, 0.25) is 0 Å². The van der Waals surface area contributed by atoms with Gasteiger partial charge in [0.1, 0.15) is 5.69 Å². The molecule has 0 aliphatic rings. The number of aromatic nitrogens is 1. The average Bonchev–Trinajstić information content (AvgIpc) is 2.54. The highest BCUT2D eigenvalue weighted by atomic mass is 16.2. The lowest BCUT2D eigenvalue weighted by Gasteiger charge is -2.23. The van der Waals surface area contributed by atoms with Crippen LogP contribution in [0.4, 0.5) is 5.69 Å². The van der Waals surface area contributed by atoms with Crippen LogP contribution >= 0.6 is 0 Å². The lowest BCUT2D eigenvalue weighted by atomic mass is 10.1. The van der Waals surface area contributed by atoms with Crippen molar-refractivity contribution in [1.29, 1.82) is 0 Å². The van der Waals surface area contributed by atoms with Gasteiger partial charge in [0.25, 0.3) is 0 Å². The highest BCUT2D eigenvalue weighted by Gasteiger charge is 2.15. The summed E-state index contributed by atoms with van der Waals surface area (Å²) in [5.41, 5.74) is 4.82. The molecule has 3 heteroatoms. The van der Waals surface area contributed by atoms with Crippen LogP contribution in [-0.2, 0) is 6.42 Å². The number of aliphatic hydroxyl groups is 1. The highest BCUT2D eigenvalue weighted by molar-refractivity contribution is 5.87. The van der Waals surface area contributed by atoms with Crippen LogP contribution in [0.2, 0.25) is 0 Å². The molecule has 0 bridgehead atoms. The molecule has 92 valence electrons. The molecule has 0 aliphatic carbocycles. The zero-order valence-corrected chi connectivity index (χ0v) is 11.0. The van der Waals surface area contributed by atoms with Crippen LogP contribution in [-0.4, -0.2) is 37.8 Å². The molecule has 1 heterocycles. The molecule has 0 radical (unpaired) electrons. The molecule has 0 saturated carbocycles. The third-order valence-corrected chi connectivity index (χ3v) is 3.24. The third-order valence-electron chi connectivity index (χ3n) is 3.24. The van der Waals surface area contributed by atoms with Crippen molar-refractivity contribution in [2.75, 3.05) is 27.7 Å². The molecule has 1 aromatic heterocycles. The maximum absolute atomic E-state index is 9.13. The highest BCUT2D eigenvalue weighted by Crippen LogP contribution is 2.28. The van der Waals surface area contributed by atoms with Crippen LogP contribution in [0, 0.1) is 6.92 Å². The molecular formula is C14H21N2O+. The minimum absolute atomic E-state index is 0.197. The van der Waals surface area contributed by atoms with Crippen molar-refractivity contribution in [2.45, 2.75) is 13.3 Å². The first kappa shape index (κ1) is 12.1. The predicted molar refractivity (Wildman–Crippen MR) is 73.4 cm³/mol. The number of H-pyrrole nitrogens is 1. The summed E-state index contributed by atoms with van der Waals surface area (Å²) >= 11 is 0.